The van der Waals surface area contributed by atoms with Crippen LogP contribution >= 0.6 is 0 Å². The summed E-state index contributed by atoms with van der Waals surface area (Å²) in [7, 11) is 1.87. The van der Waals surface area contributed by atoms with E-state index in [-0.39, 0.29) is 29.8 Å². The maximum absolute atomic E-state index is 12.7. The third-order valence-corrected chi connectivity index (χ3v) is 5.83. The molecule has 4 amide bonds. The van der Waals surface area contributed by atoms with E-state index in [0.717, 1.165) is 17.9 Å². The van der Waals surface area contributed by atoms with Gasteiger partial charge in [0.1, 0.15) is 5.54 Å². The Labute approximate surface area is 150 Å². The number of rotatable bonds is 4. The lowest BCUT2D eigenvalue weighted by Crippen LogP contribution is -2.53. The van der Waals surface area contributed by atoms with E-state index in [9.17, 15) is 14.4 Å². The second kappa shape index (κ2) is 6.94. The maximum atomic E-state index is 12.7. The van der Waals surface area contributed by atoms with E-state index >= 15 is 0 Å². The van der Waals surface area contributed by atoms with E-state index in [1.54, 1.807) is 0 Å². The van der Waals surface area contributed by atoms with Gasteiger partial charge in [-0.05, 0) is 51.0 Å². The second-order valence-electron chi connectivity index (χ2n) is 8.83. The Bertz CT molecular complexity index is 547. The number of hydrazine groups is 1. The van der Waals surface area contributed by atoms with Crippen LogP contribution in [0.4, 0.5) is 4.79 Å². The molecule has 1 atom stereocenters. The van der Waals surface area contributed by atoms with E-state index in [4.69, 9.17) is 0 Å². The van der Waals surface area contributed by atoms with Gasteiger partial charge in [0.05, 0.1) is 6.54 Å². The third kappa shape index (κ3) is 4.14. The summed E-state index contributed by atoms with van der Waals surface area (Å²) >= 11 is 0. The second-order valence-corrected chi connectivity index (χ2v) is 8.83. The molecule has 0 aromatic carbocycles. The number of carbonyl (C=O) groups excluding carboxylic acids is 3. The zero-order valence-electron chi connectivity index (χ0n) is 16.3. The molecule has 0 bridgehead atoms. The highest BCUT2D eigenvalue weighted by Crippen LogP contribution is 2.35. The van der Waals surface area contributed by atoms with Crippen LogP contribution in [-0.2, 0) is 9.59 Å². The van der Waals surface area contributed by atoms with Gasteiger partial charge in [0.25, 0.3) is 11.8 Å². The number of carbonyl (C=O) groups is 3. The molecule has 7 heteroatoms. The van der Waals surface area contributed by atoms with Gasteiger partial charge in [-0.25, -0.2) is 4.79 Å². The smallest absolute Gasteiger partial charge is 0.322 e. The first-order valence-corrected chi connectivity index (χ1v) is 9.13. The Morgan fingerprint density at radius 3 is 2.44 bits per heavy atom. The van der Waals surface area contributed by atoms with Gasteiger partial charge in [-0.15, -0.1) is 0 Å². The Morgan fingerprint density at radius 1 is 1.36 bits per heavy atom. The molecule has 1 aliphatic carbocycles. The minimum atomic E-state index is -0.832. The molecule has 7 nitrogen and oxygen atoms in total. The Hall–Kier alpha value is -1.63. The lowest BCUT2D eigenvalue weighted by molar-refractivity contribution is -0.140. The minimum Gasteiger partial charge on any atom is -0.322 e. The molecule has 1 heterocycles. The lowest BCUT2D eigenvalue weighted by Gasteiger charge is -2.35. The minimum absolute atomic E-state index is 0.0265. The predicted molar refractivity (Wildman–Crippen MR) is 95.4 cm³/mol. The van der Waals surface area contributed by atoms with Crippen molar-refractivity contribution >= 4 is 17.8 Å². The molecule has 1 aliphatic heterocycles. The van der Waals surface area contributed by atoms with E-state index in [1.165, 1.54) is 0 Å². The van der Waals surface area contributed by atoms with E-state index in [1.807, 2.05) is 11.9 Å². The van der Waals surface area contributed by atoms with Gasteiger partial charge in [0.15, 0.2) is 0 Å². The Morgan fingerprint density at radius 2 is 1.92 bits per heavy atom. The van der Waals surface area contributed by atoms with Crippen molar-refractivity contribution in [2.45, 2.75) is 71.9 Å². The van der Waals surface area contributed by atoms with Gasteiger partial charge in [-0.2, -0.15) is 5.01 Å². The first-order valence-electron chi connectivity index (χ1n) is 9.13. The van der Waals surface area contributed by atoms with E-state index in [2.05, 4.69) is 45.4 Å². The number of imide groups is 1. The summed E-state index contributed by atoms with van der Waals surface area (Å²) in [6.07, 6.45) is 3.07. The molecule has 142 valence electrons. The van der Waals surface area contributed by atoms with Crippen LogP contribution in [-0.4, -0.2) is 52.9 Å². The highest BCUT2D eigenvalue weighted by Gasteiger charge is 2.52. The Kier molecular flexibility index (Phi) is 5.47. The number of likely N-dealkylation sites (N-methyl/N-ethyl adjacent to an activating group) is 1. The molecule has 2 rings (SSSR count). The number of hydrogen-bond acceptors (Lipinski definition) is 4. The molecule has 2 fully saturated rings. The highest BCUT2D eigenvalue weighted by molar-refractivity contribution is 6.08. The molecule has 0 radical (unpaired) electrons. The van der Waals surface area contributed by atoms with Crippen LogP contribution in [0.5, 0.6) is 0 Å². The zero-order chi connectivity index (χ0) is 19.0. The van der Waals surface area contributed by atoms with Crippen molar-refractivity contribution in [1.82, 2.24) is 20.7 Å². The molecule has 1 unspecified atom stereocenters. The number of hydrogen-bond donors (Lipinski definition) is 2. The molecule has 2 N–H and O–H groups in total. The maximum Gasteiger partial charge on any atom is 0.344 e. The molecule has 25 heavy (non-hydrogen) atoms. The first-order chi connectivity index (χ1) is 11.5. The summed E-state index contributed by atoms with van der Waals surface area (Å²) in [5.41, 5.74) is 1.68. The van der Waals surface area contributed by atoms with Crippen molar-refractivity contribution in [3.8, 4) is 0 Å². The quantitative estimate of drug-likeness (QED) is 0.757. The molecule has 1 saturated carbocycles. The molecule has 0 aromatic rings. The number of nitrogens with one attached hydrogen (secondary N) is 2. The molecular weight excluding hydrogens is 320 g/mol. The third-order valence-electron chi connectivity index (χ3n) is 5.83. The molecule has 0 aromatic heterocycles. The van der Waals surface area contributed by atoms with Gasteiger partial charge in [0, 0.05) is 6.04 Å². The summed E-state index contributed by atoms with van der Waals surface area (Å²) in [5, 5.41) is 3.67. The number of amides is 4. The van der Waals surface area contributed by atoms with Gasteiger partial charge in [-0.3, -0.25) is 19.9 Å². The fourth-order valence-corrected chi connectivity index (χ4v) is 3.50. The van der Waals surface area contributed by atoms with E-state index in [0.29, 0.717) is 18.8 Å². The number of nitrogens with zero attached hydrogens (tertiary/aromatic N) is 2. The van der Waals surface area contributed by atoms with Gasteiger partial charge in [-0.1, -0.05) is 27.7 Å². The highest BCUT2D eigenvalue weighted by atomic mass is 16.2. The van der Waals surface area contributed by atoms with Crippen LogP contribution in [0.2, 0.25) is 0 Å². The zero-order valence-corrected chi connectivity index (χ0v) is 16.3. The summed E-state index contributed by atoms with van der Waals surface area (Å²) < 4.78 is 0. The normalized spacial score (nSPS) is 28.4. The average Bonchev–Trinajstić information content (AvgIpc) is 2.73. The molecular formula is C18H32N4O3. The van der Waals surface area contributed by atoms with Crippen LogP contribution < -0.4 is 10.7 Å². The van der Waals surface area contributed by atoms with E-state index < -0.39 is 11.6 Å². The molecule has 2 aliphatic rings. The monoisotopic (exact) mass is 352 g/mol. The van der Waals surface area contributed by atoms with Crippen molar-refractivity contribution in [1.29, 1.82) is 0 Å². The largest absolute Gasteiger partial charge is 0.344 e. The van der Waals surface area contributed by atoms with Crippen molar-refractivity contribution in [3.63, 3.8) is 0 Å². The van der Waals surface area contributed by atoms with Crippen molar-refractivity contribution < 1.29 is 14.4 Å². The Balaban J connectivity index is 1.97. The van der Waals surface area contributed by atoms with Crippen molar-refractivity contribution in [3.05, 3.63) is 0 Å². The van der Waals surface area contributed by atoms with Crippen LogP contribution in [0.3, 0.4) is 0 Å². The van der Waals surface area contributed by atoms with Crippen molar-refractivity contribution in [2.75, 3.05) is 13.6 Å². The average molecular weight is 352 g/mol. The summed E-state index contributed by atoms with van der Waals surface area (Å²) in [6, 6.07) is -0.355. The number of urea groups is 1. The summed E-state index contributed by atoms with van der Waals surface area (Å²) in [5.74, 6) is -0.126. The molecule has 1 spiro atoms. The topological polar surface area (TPSA) is 81.8 Å². The SMILES string of the molecule is CC1CCC2(CC1)NC(=O)N(NC(=O)CN(C)C(C)C(C)(C)C)C2=O. The van der Waals surface area contributed by atoms with Crippen molar-refractivity contribution in [2.24, 2.45) is 11.3 Å². The van der Waals surface area contributed by atoms with Crippen LogP contribution in [0.15, 0.2) is 0 Å². The van der Waals surface area contributed by atoms with Crippen LogP contribution in [0.25, 0.3) is 0 Å². The van der Waals surface area contributed by atoms with Crippen LogP contribution in [0, 0.1) is 11.3 Å². The molecule has 1 saturated heterocycles. The summed E-state index contributed by atoms with van der Waals surface area (Å²) in [6.45, 7) is 10.7. The standard InChI is InChI=1S/C18H32N4O3/c1-12-7-9-18(10-8-12)15(24)22(16(25)19-18)20-14(23)11-21(6)13(2)17(3,4)5/h12-13H,7-11H2,1-6H3,(H,19,25)(H,20,23). The van der Waals surface area contributed by atoms with Gasteiger partial charge < -0.3 is 5.32 Å². The lowest BCUT2D eigenvalue weighted by atomic mass is 9.77. The van der Waals surface area contributed by atoms with Gasteiger partial charge in [0.2, 0.25) is 0 Å². The predicted octanol–water partition coefficient (Wildman–Crippen LogP) is 1.88. The fraction of sp³-hybridized carbons (Fsp3) is 0.833. The summed E-state index contributed by atoms with van der Waals surface area (Å²) in [4.78, 5) is 39.2. The fourth-order valence-electron chi connectivity index (χ4n) is 3.50. The van der Waals surface area contributed by atoms with Crippen LogP contribution in [0.1, 0.15) is 60.3 Å². The first kappa shape index (κ1) is 19.7. The van der Waals surface area contributed by atoms with Gasteiger partial charge >= 0.3 is 6.03 Å².